The predicted molar refractivity (Wildman–Crippen MR) is 123 cm³/mol. The van der Waals surface area contributed by atoms with E-state index < -0.39 is 23.6 Å². The molecule has 3 rings (SSSR count). The van der Waals surface area contributed by atoms with Gasteiger partial charge in [0.25, 0.3) is 0 Å². The molecule has 0 fully saturated rings. The van der Waals surface area contributed by atoms with Crippen LogP contribution in [0.5, 0.6) is 23.0 Å². The highest BCUT2D eigenvalue weighted by molar-refractivity contribution is 7.81. The van der Waals surface area contributed by atoms with E-state index in [1.165, 1.54) is 13.2 Å². The molecule has 1 heterocycles. The fourth-order valence-electron chi connectivity index (χ4n) is 3.38. The molecule has 0 spiro atoms. The van der Waals surface area contributed by atoms with Gasteiger partial charge in [-0.1, -0.05) is 19.9 Å². The maximum Gasteiger partial charge on any atom is 0.412 e. The standard InChI is InChI=1S/C23H27NO8S/c1-23(2,8-9-29-20(26)12-33)21(14-4-6-17(28-3)16(25)10-14)32-22(27)24-15-5-7-18-19(11-15)31-13-30-18/h4-7,10-11,21,25,33H,8-9,12-13H2,1-3H3,(H,24,27)/t21-/m0/s1. The van der Waals surface area contributed by atoms with Crippen molar-refractivity contribution in [2.24, 2.45) is 5.41 Å². The number of amides is 1. The fraction of sp³-hybridized carbons (Fsp3) is 0.391. The van der Waals surface area contributed by atoms with Gasteiger partial charge in [-0.3, -0.25) is 10.1 Å². The molecule has 1 aliphatic rings. The Bertz CT molecular complexity index is 1010. The number of benzene rings is 2. The predicted octanol–water partition coefficient (Wildman–Crippen LogP) is 4.31. The highest BCUT2D eigenvalue weighted by Gasteiger charge is 2.35. The number of hydrogen-bond donors (Lipinski definition) is 3. The maximum atomic E-state index is 12.8. The van der Waals surface area contributed by atoms with Gasteiger partial charge in [0.05, 0.1) is 19.5 Å². The van der Waals surface area contributed by atoms with Crippen LogP contribution in [0.15, 0.2) is 36.4 Å². The molecule has 0 aliphatic carbocycles. The van der Waals surface area contributed by atoms with Crippen LogP contribution < -0.4 is 19.5 Å². The Kier molecular flexibility index (Phi) is 7.80. The van der Waals surface area contributed by atoms with Gasteiger partial charge in [0.15, 0.2) is 23.0 Å². The van der Waals surface area contributed by atoms with Crippen molar-refractivity contribution >= 4 is 30.4 Å². The highest BCUT2D eigenvalue weighted by Crippen LogP contribution is 2.42. The van der Waals surface area contributed by atoms with E-state index in [9.17, 15) is 14.7 Å². The lowest BCUT2D eigenvalue weighted by Gasteiger charge is -2.34. The molecule has 0 bridgehead atoms. The van der Waals surface area contributed by atoms with E-state index in [1.807, 2.05) is 13.8 Å². The van der Waals surface area contributed by atoms with Gasteiger partial charge in [-0.2, -0.15) is 12.6 Å². The molecule has 1 amide bonds. The summed E-state index contributed by atoms with van der Waals surface area (Å²) in [4.78, 5) is 24.2. The number of carbonyl (C=O) groups excluding carboxylic acids is 2. The Balaban J connectivity index is 1.79. The van der Waals surface area contributed by atoms with Gasteiger partial charge >= 0.3 is 12.1 Å². The summed E-state index contributed by atoms with van der Waals surface area (Å²) in [7, 11) is 1.45. The van der Waals surface area contributed by atoms with Crippen LogP contribution in [0, 0.1) is 5.41 Å². The summed E-state index contributed by atoms with van der Waals surface area (Å²) >= 11 is 3.90. The molecular weight excluding hydrogens is 450 g/mol. The van der Waals surface area contributed by atoms with E-state index in [1.54, 1.807) is 30.3 Å². The molecule has 0 aromatic heterocycles. The number of anilines is 1. The molecule has 0 saturated carbocycles. The van der Waals surface area contributed by atoms with Gasteiger partial charge in [-0.05, 0) is 36.2 Å². The molecule has 2 aromatic rings. The van der Waals surface area contributed by atoms with Crippen molar-refractivity contribution in [3.8, 4) is 23.0 Å². The molecule has 10 heteroatoms. The third kappa shape index (κ3) is 6.16. The average Bonchev–Trinajstić information content (AvgIpc) is 3.25. The van der Waals surface area contributed by atoms with Gasteiger partial charge in [-0.25, -0.2) is 4.79 Å². The maximum absolute atomic E-state index is 12.8. The molecule has 178 valence electrons. The van der Waals surface area contributed by atoms with Gasteiger partial charge in [-0.15, -0.1) is 0 Å². The van der Waals surface area contributed by atoms with Crippen molar-refractivity contribution in [3.63, 3.8) is 0 Å². The Morgan fingerprint density at radius 2 is 1.94 bits per heavy atom. The first-order valence-electron chi connectivity index (χ1n) is 10.2. The fourth-order valence-corrected chi connectivity index (χ4v) is 3.47. The first-order valence-corrected chi connectivity index (χ1v) is 10.9. The SMILES string of the molecule is COc1ccc([C@H](OC(=O)Nc2ccc3c(c2)OCO3)C(C)(C)CCOC(=O)CS)cc1O. The van der Waals surface area contributed by atoms with Crippen molar-refractivity contribution in [1.29, 1.82) is 0 Å². The number of phenolic OH excluding ortho intramolecular Hbond substituents is 1. The number of thiol groups is 1. The zero-order valence-corrected chi connectivity index (χ0v) is 19.5. The van der Waals surface area contributed by atoms with E-state index >= 15 is 0 Å². The van der Waals surface area contributed by atoms with Gasteiger partial charge < -0.3 is 28.8 Å². The lowest BCUT2D eigenvalue weighted by molar-refractivity contribution is -0.141. The van der Waals surface area contributed by atoms with E-state index in [0.717, 1.165) is 0 Å². The summed E-state index contributed by atoms with van der Waals surface area (Å²) in [6.07, 6.45) is -1.09. The quantitative estimate of drug-likeness (QED) is 0.362. The Hall–Kier alpha value is -3.27. The van der Waals surface area contributed by atoms with Gasteiger partial charge in [0, 0.05) is 17.2 Å². The molecule has 2 aromatic carbocycles. The van der Waals surface area contributed by atoms with Crippen LogP contribution in [0.2, 0.25) is 0 Å². The summed E-state index contributed by atoms with van der Waals surface area (Å²) in [5.74, 6) is 0.868. The second-order valence-electron chi connectivity index (χ2n) is 8.03. The van der Waals surface area contributed by atoms with Crippen LogP contribution in [0.4, 0.5) is 10.5 Å². The van der Waals surface area contributed by atoms with Crippen LogP contribution in [0.25, 0.3) is 0 Å². The molecule has 0 saturated heterocycles. The minimum absolute atomic E-state index is 0.0232. The smallest absolute Gasteiger partial charge is 0.412 e. The van der Waals surface area contributed by atoms with Gasteiger partial charge in [0.1, 0.15) is 6.10 Å². The van der Waals surface area contributed by atoms with Crippen molar-refractivity contribution in [2.45, 2.75) is 26.4 Å². The summed E-state index contributed by atoms with van der Waals surface area (Å²) < 4.78 is 26.7. The van der Waals surface area contributed by atoms with Crippen LogP contribution in [-0.2, 0) is 14.3 Å². The Morgan fingerprint density at radius 3 is 2.64 bits per heavy atom. The lowest BCUT2D eigenvalue weighted by Crippen LogP contribution is -2.30. The molecule has 1 aliphatic heterocycles. The third-order valence-electron chi connectivity index (χ3n) is 5.20. The first kappa shape index (κ1) is 24.4. The third-order valence-corrected chi connectivity index (χ3v) is 5.46. The zero-order valence-electron chi connectivity index (χ0n) is 18.6. The first-order chi connectivity index (χ1) is 15.7. The van der Waals surface area contributed by atoms with Gasteiger partial charge in [0.2, 0.25) is 6.79 Å². The largest absolute Gasteiger partial charge is 0.504 e. The number of fused-ring (bicyclic) bond motifs is 1. The van der Waals surface area contributed by atoms with Crippen molar-refractivity contribution in [3.05, 3.63) is 42.0 Å². The normalized spacial score (nSPS) is 13.2. The summed E-state index contributed by atoms with van der Waals surface area (Å²) in [6, 6.07) is 9.78. The molecule has 1 atom stereocenters. The number of rotatable bonds is 9. The van der Waals surface area contributed by atoms with E-state index in [0.29, 0.717) is 34.9 Å². The highest BCUT2D eigenvalue weighted by atomic mass is 32.1. The van der Waals surface area contributed by atoms with Crippen molar-refractivity contribution < 1.29 is 38.4 Å². The summed E-state index contributed by atoms with van der Waals surface area (Å²) in [6.45, 7) is 4.00. The second-order valence-corrected chi connectivity index (χ2v) is 8.34. The Labute approximate surface area is 197 Å². The monoisotopic (exact) mass is 477 g/mol. The molecule has 0 unspecified atom stereocenters. The minimum atomic E-state index is -0.780. The number of hydrogen-bond acceptors (Lipinski definition) is 9. The number of ether oxygens (including phenoxy) is 5. The van der Waals surface area contributed by atoms with E-state index in [4.69, 9.17) is 23.7 Å². The molecular formula is C23H27NO8S. The number of esters is 1. The number of nitrogens with one attached hydrogen (secondary N) is 1. The zero-order chi connectivity index (χ0) is 24.0. The van der Waals surface area contributed by atoms with Crippen LogP contribution in [-0.4, -0.2) is 43.4 Å². The van der Waals surface area contributed by atoms with Crippen molar-refractivity contribution in [2.75, 3.05) is 31.6 Å². The summed E-state index contributed by atoms with van der Waals surface area (Å²) in [5, 5.41) is 12.9. The van der Waals surface area contributed by atoms with Crippen LogP contribution >= 0.6 is 12.6 Å². The van der Waals surface area contributed by atoms with Crippen LogP contribution in [0.3, 0.4) is 0 Å². The topological polar surface area (TPSA) is 113 Å². The second kappa shape index (κ2) is 10.6. The number of methoxy groups -OCH3 is 1. The summed E-state index contributed by atoms with van der Waals surface area (Å²) in [5.41, 5.74) is 0.366. The molecule has 2 N–H and O–H groups in total. The number of phenols is 1. The molecule has 33 heavy (non-hydrogen) atoms. The van der Waals surface area contributed by atoms with E-state index in [-0.39, 0.29) is 24.9 Å². The average molecular weight is 478 g/mol. The number of aromatic hydroxyl groups is 1. The number of carbonyl (C=O) groups is 2. The minimum Gasteiger partial charge on any atom is -0.504 e. The molecule has 0 radical (unpaired) electrons. The van der Waals surface area contributed by atoms with E-state index in [2.05, 4.69) is 17.9 Å². The Morgan fingerprint density at radius 1 is 1.18 bits per heavy atom. The molecule has 9 nitrogen and oxygen atoms in total. The van der Waals surface area contributed by atoms with Crippen molar-refractivity contribution in [1.82, 2.24) is 0 Å². The van der Waals surface area contributed by atoms with Crippen LogP contribution in [0.1, 0.15) is 31.9 Å². The lowest BCUT2D eigenvalue weighted by atomic mass is 9.79.